The van der Waals surface area contributed by atoms with Gasteiger partial charge in [-0.05, 0) is 25.5 Å². The SMILES string of the molecule is CCc1ccc(C(O)c2nccn2CC)s1. The Balaban J connectivity index is 2.27. The molecule has 0 spiro atoms. The van der Waals surface area contributed by atoms with Gasteiger partial charge in [0.2, 0.25) is 0 Å². The second-order valence-electron chi connectivity index (χ2n) is 3.63. The quantitative estimate of drug-likeness (QED) is 0.886. The van der Waals surface area contributed by atoms with Crippen LogP contribution in [-0.4, -0.2) is 14.7 Å². The van der Waals surface area contributed by atoms with Crippen molar-refractivity contribution in [2.75, 3.05) is 0 Å². The fourth-order valence-electron chi connectivity index (χ4n) is 1.69. The second-order valence-corrected chi connectivity index (χ2v) is 4.83. The molecule has 1 atom stereocenters. The summed E-state index contributed by atoms with van der Waals surface area (Å²) in [6, 6.07) is 4.06. The summed E-state index contributed by atoms with van der Waals surface area (Å²) in [5.41, 5.74) is 0. The van der Waals surface area contributed by atoms with Crippen molar-refractivity contribution in [1.29, 1.82) is 0 Å². The molecule has 0 saturated carbocycles. The molecule has 2 aromatic heterocycles. The largest absolute Gasteiger partial charge is 0.380 e. The van der Waals surface area contributed by atoms with Crippen LogP contribution in [0.15, 0.2) is 24.5 Å². The molecule has 0 aliphatic heterocycles. The third kappa shape index (κ3) is 2.03. The molecule has 0 saturated heterocycles. The van der Waals surface area contributed by atoms with E-state index in [0.717, 1.165) is 23.7 Å². The lowest BCUT2D eigenvalue weighted by Crippen LogP contribution is -2.07. The Labute approximate surface area is 99.4 Å². The van der Waals surface area contributed by atoms with Gasteiger partial charge in [0, 0.05) is 28.7 Å². The van der Waals surface area contributed by atoms with Gasteiger partial charge in [-0.2, -0.15) is 0 Å². The van der Waals surface area contributed by atoms with E-state index in [9.17, 15) is 5.11 Å². The van der Waals surface area contributed by atoms with Crippen molar-refractivity contribution >= 4 is 11.3 Å². The zero-order valence-electron chi connectivity index (χ0n) is 9.55. The smallest absolute Gasteiger partial charge is 0.146 e. The van der Waals surface area contributed by atoms with E-state index in [4.69, 9.17) is 0 Å². The Morgan fingerprint density at radius 2 is 2.25 bits per heavy atom. The van der Waals surface area contributed by atoms with Crippen LogP contribution in [0.2, 0.25) is 0 Å². The third-order valence-corrected chi connectivity index (χ3v) is 3.92. The lowest BCUT2D eigenvalue weighted by atomic mass is 10.2. The van der Waals surface area contributed by atoms with E-state index in [0.29, 0.717) is 0 Å². The molecule has 1 unspecified atom stereocenters. The van der Waals surface area contributed by atoms with Crippen molar-refractivity contribution in [2.24, 2.45) is 0 Å². The van der Waals surface area contributed by atoms with Crippen molar-refractivity contribution < 1.29 is 5.11 Å². The lowest BCUT2D eigenvalue weighted by molar-refractivity contribution is 0.208. The van der Waals surface area contributed by atoms with Gasteiger partial charge in [0.15, 0.2) is 0 Å². The van der Waals surface area contributed by atoms with Crippen molar-refractivity contribution in [1.82, 2.24) is 9.55 Å². The molecule has 1 N–H and O–H groups in total. The van der Waals surface area contributed by atoms with Crippen molar-refractivity contribution in [3.8, 4) is 0 Å². The van der Waals surface area contributed by atoms with Crippen LogP contribution < -0.4 is 0 Å². The topological polar surface area (TPSA) is 38.1 Å². The third-order valence-electron chi connectivity index (χ3n) is 2.63. The summed E-state index contributed by atoms with van der Waals surface area (Å²) in [4.78, 5) is 6.48. The first-order chi connectivity index (χ1) is 7.76. The fourth-order valence-corrected chi connectivity index (χ4v) is 2.63. The van der Waals surface area contributed by atoms with E-state index in [1.165, 1.54) is 4.88 Å². The fraction of sp³-hybridized carbons (Fsp3) is 0.417. The monoisotopic (exact) mass is 236 g/mol. The van der Waals surface area contributed by atoms with Gasteiger partial charge in [-0.15, -0.1) is 11.3 Å². The summed E-state index contributed by atoms with van der Waals surface area (Å²) < 4.78 is 1.97. The highest BCUT2D eigenvalue weighted by atomic mass is 32.1. The highest BCUT2D eigenvalue weighted by Crippen LogP contribution is 2.27. The molecular weight excluding hydrogens is 220 g/mol. The van der Waals surface area contributed by atoms with Crippen molar-refractivity contribution in [2.45, 2.75) is 32.9 Å². The number of aliphatic hydroxyl groups is 1. The maximum atomic E-state index is 10.2. The normalized spacial score (nSPS) is 12.9. The van der Waals surface area contributed by atoms with Crippen LogP contribution in [0.25, 0.3) is 0 Å². The second kappa shape index (κ2) is 4.80. The van der Waals surface area contributed by atoms with Gasteiger partial charge >= 0.3 is 0 Å². The van der Waals surface area contributed by atoms with Crippen LogP contribution in [0.3, 0.4) is 0 Å². The average Bonchev–Trinajstić information content (AvgIpc) is 2.96. The number of hydrogen-bond acceptors (Lipinski definition) is 3. The van der Waals surface area contributed by atoms with Gasteiger partial charge in [-0.3, -0.25) is 0 Å². The van der Waals surface area contributed by atoms with E-state index < -0.39 is 6.10 Å². The molecule has 0 aliphatic carbocycles. The highest BCUT2D eigenvalue weighted by Gasteiger charge is 2.17. The zero-order valence-corrected chi connectivity index (χ0v) is 10.4. The van der Waals surface area contributed by atoms with Gasteiger partial charge < -0.3 is 9.67 Å². The number of thiophene rings is 1. The first kappa shape index (κ1) is 11.4. The molecule has 4 heteroatoms. The molecule has 0 fully saturated rings. The summed E-state index contributed by atoms with van der Waals surface area (Å²) in [6.07, 6.45) is 4.04. The summed E-state index contributed by atoms with van der Waals surface area (Å²) in [5.74, 6) is 0.729. The molecular formula is C12H16N2OS. The number of aryl methyl sites for hydroxylation is 2. The Bertz CT molecular complexity index is 461. The molecule has 2 aromatic rings. The van der Waals surface area contributed by atoms with E-state index in [-0.39, 0.29) is 0 Å². The summed E-state index contributed by atoms with van der Waals surface area (Å²) in [7, 11) is 0. The van der Waals surface area contributed by atoms with Crippen LogP contribution >= 0.6 is 11.3 Å². The number of hydrogen-bond donors (Lipinski definition) is 1. The molecule has 0 aromatic carbocycles. The predicted molar refractivity (Wildman–Crippen MR) is 65.7 cm³/mol. The predicted octanol–water partition coefficient (Wildman–Crippen LogP) is 2.61. The van der Waals surface area contributed by atoms with Crippen molar-refractivity contribution in [3.05, 3.63) is 40.1 Å². The van der Waals surface area contributed by atoms with Crippen LogP contribution in [0.1, 0.15) is 35.5 Å². The number of nitrogens with zero attached hydrogens (tertiary/aromatic N) is 2. The number of aromatic nitrogens is 2. The molecule has 2 rings (SSSR count). The molecule has 2 heterocycles. The summed E-state index contributed by atoms with van der Waals surface area (Å²) >= 11 is 1.66. The van der Waals surface area contributed by atoms with E-state index in [2.05, 4.69) is 18.0 Å². The maximum Gasteiger partial charge on any atom is 0.146 e. The molecule has 86 valence electrons. The van der Waals surface area contributed by atoms with Crippen molar-refractivity contribution in [3.63, 3.8) is 0 Å². The number of rotatable bonds is 4. The molecule has 3 nitrogen and oxygen atoms in total. The van der Waals surface area contributed by atoms with Gasteiger partial charge in [0.05, 0.1) is 0 Å². The Morgan fingerprint density at radius 3 is 2.88 bits per heavy atom. The molecule has 0 amide bonds. The molecule has 0 bridgehead atoms. The van der Waals surface area contributed by atoms with Gasteiger partial charge in [0.1, 0.15) is 11.9 Å². The van der Waals surface area contributed by atoms with Crippen LogP contribution in [0.4, 0.5) is 0 Å². The van der Waals surface area contributed by atoms with Crippen LogP contribution in [0, 0.1) is 0 Å². The molecule has 0 radical (unpaired) electrons. The summed E-state index contributed by atoms with van der Waals surface area (Å²) in [6.45, 7) is 5.00. The minimum atomic E-state index is -0.597. The average molecular weight is 236 g/mol. The molecule has 16 heavy (non-hydrogen) atoms. The van der Waals surface area contributed by atoms with Gasteiger partial charge in [-0.1, -0.05) is 6.92 Å². The van der Waals surface area contributed by atoms with E-state index >= 15 is 0 Å². The Kier molecular flexibility index (Phi) is 3.41. The van der Waals surface area contributed by atoms with Gasteiger partial charge in [0.25, 0.3) is 0 Å². The Hall–Kier alpha value is -1.13. The summed E-state index contributed by atoms with van der Waals surface area (Å²) in [5, 5.41) is 10.2. The molecule has 0 aliphatic rings. The standard InChI is InChI=1S/C12H16N2OS/c1-3-9-5-6-10(16-9)11(15)12-13-7-8-14(12)4-2/h5-8,11,15H,3-4H2,1-2H3. The minimum Gasteiger partial charge on any atom is -0.380 e. The zero-order chi connectivity index (χ0) is 11.5. The maximum absolute atomic E-state index is 10.2. The number of aliphatic hydroxyl groups excluding tert-OH is 1. The van der Waals surface area contributed by atoms with E-state index in [1.54, 1.807) is 17.5 Å². The van der Waals surface area contributed by atoms with Crippen LogP contribution in [-0.2, 0) is 13.0 Å². The number of imidazole rings is 1. The lowest BCUT2D eigenvalue weighted by Gasteiger charge is -2.10. The minimum absolute atomic E-state index is 0.597. The van der Waals surface area contributed by atoms with E-state index in [1.807, 2.05) is 23.8 Å². The van der Waals surface area contributed by atoms with Gasteiger partial charge in [-0.25, -0.2) is 4.98 Å². The highest BCUT2D eigenvalue weighted by molar-refractivity contribution is 7.12. The first-order valence-electron chi connectivity index (χ1n) is 5.54. The van der Waals surface area contributed by atoms with Crippen LogP contribution in [0.5, 0.6) is 0 Å². The Morgan fingerprint density at radius 1 is 1.44 bits per heavy atom. The first-order valence-corrected chi connectivity index (χ1v) is 6.35.